The van der Waals surface area contributed by atoms with Crippen molar-refractivity contribution in [1.29, 1.82) is 0 Å². The normalized spacial score (nSPS) is 36.4. The van der Waals surface area contributed by atoms with Crippen LogP contribution in [0, 0.1) is 17.3 Å². The van der Waals surface area contributed by atoms with E-state index in [9.17, 15) is 13.2 Å². The number of nitrogens with one attached hydrogen (secondary N) is 1. The molecule has 0 aromatic rings. The van der Waals surface area contributed by atoms with E-state index in [0.717, 1.165) is 32.4 Å². The Hall–Kier alpha value is -0.330. The van der Waals surface area contributed by atoms with Gasteiger partial charge in [0.1, 0.15) is 0 Å². The summed E-state index contributed by atoms with van der Waals surface area (Å²) in [4.78, 5) is 14.8. The first-order valence-corrected chi connectivity index (χ1v) is 9.92. The Bertz CT molecular complexity index is 525. The van der Waals surface area contributed by atoms with Gasteiger partial charge in [0.05, 0.1) is 16.9 Å². The Morgan fingerprint density at radius 2 is 2.09 bits per heavy atom. The quantitative estimate of drug-likeness (QED) is 0.827. The molecular weight excluding hydrogens is 324 g/mol. The minimum Gasteiger partial charge on any atom is -0.345 e. The van der Waals surface area contributed by atoms with Crippen molar-refractivity contribution >= 4 is 28.2 Å². The highest BCUT2D eigenvalue weighted by Crippen LogP contribution is 2.45. The lowest BCUT2D eigenvalue weighted by molar-refractivity contribution is -0.144. The zero-order valence-electron chi connectivity index (χ0n) is 13.2. The van der Waals surface area contributed by atoms with Crippen LogP contribution in [0.25, 0.3) is 0 Å². The van der Waals surface area contributed by atoms with E-state index in [0.29, 0.717) is 18.9 Å². The summed E-state index contributed by atoms with van der Waals surface area (Å²) in [5, 5.41) is 3.40. The number of fused-ring (bicyclic) bond motifs is 1. The molecule has 2 heterocycles. The van der Waals surface area contributed by atoms with Gasteiger partial charge in [0.15, 0.2) is 9.84 Å². The minimum absolute atomic E-state index is 0. The highest BCUT2D eigenvalue weighted by atomic mass is 35.5. The van der Waals surface area contributed by atoms with E-state index in [1.807, 2.05) is 11.9 Å². The summed E-state index contributed by atoms with van der Waals surface area (Å²) in [7, 11) is -1.01. The van der Waals surface area contributed by atoms with Crippen LogP contribution in [-0.2, 0) is 14.6 Å². The summed E-state index contributed by atoms with van der Waals surface area (Å²) < 4.78 is 23.1. The van der Waals surface area contributed by atoms with Crippen LogP contribution in [0.5, 0.6) is 0 Å². The second kappa shape index (κ2) is 6.65. The molecule has 1 saturated carbocycles. The first-order chi connectivity index (χ1) is 9.93. The van der Waals surface area contributed by atoms with Gasteiger partial charge in [-0.3, -0.25) is 4.79 Å². The van der Waals surface area contributed by atoms with Gasteiger partial charge in [0.2, 0.25) is 5.91 Å². The van der Waals surface area contributed by atoms with Crippen LogP contribution in [0.2, 0.25) is 0 Å². The van der Waals surface area contributed by atoms with Crippen LogP contribution in [0.3, 0.4) is 0 Å². The molecule has 1 aliphatic carbocycles. The Balaban J connectivity index is 0.00000176. The summed E-state index contributed by atoms with van der Waals surface area (Å²) in [6.07, 6.45) is 5.19. The maximum absolute atomic E-state index is 13.0. The van der Waals surface area contributed by atoms with E-state index in [1.165, 1.54) is 6.42 Å². The molecule has 0 bridgehead atoms. The Labute approximate surface area is 139 Å². The van der Waals surface area contributed by atoms with Gasteiger partial charge in [-0.05, 0) is 37.6 Å². The molecule has 0 spiro atoms. The molecule has 1 N–H and O–H groups in total. The van der Waals surface area contributed by atoms with Crippen LogP contribution < -0.4 is 5.32 Å². The van der Waals surface area contributed by atoms with E-state index >= 15 is 0 Å². The molecule has 3 atom stereocenters. The highest BCUT2D eigenvalue weighted by Gasteiger charge is 2.51. The predicted octanol–water partition coefficient (Wildman–Crippen LogP) is 1.08. The lowest BCUT2D eigenvalue weighted by Gasteiger charge is -2.40. The van der Waals surface area contributed by atoms with Crippen molar-refractivity contribution in [3.05, 3.63) is 0 Å². The predicted molar refractivity (Wildman–Crippen MR) is 88.9 cm³/mol. The molecule has 2 aliphatic heterocycles. The van der Waals surface area contributed by atoms with E-state index < -0.39 is 9.84 Å². The van der Waals surface area contributed by atoms with Gasteiger partial charge in [-0.15, -0.1) is 12.4 Å². The topological polar surface area (TPSA) is 66.5 Å². The van der Waals surface area contributed by atoms with Gasteiger partial charge in [-0.25, -0.2) is 8.42 Å². The summed E-state index contributed by atoms with van der Waals surface area (Å²) in [6.45, 7) is 2.34. The SMILES string of the molecule is CN(CC1CCS(=O)(=O)C1)C(=O)[C@@]12CCCC[C@H]1CNC2.Cl. The van der Waals surface area contributed by atoms with Crippen LogP contribution in [0.4, 0.5) is 0 Å². The molecule has 7 heteroatoms. The van der Waals surface area contributed by atoms with E-state index in [1.54, 1.807) is 0 Å². The molecule has 0 radical (unpaired) electrons. The number of hydrogen-bond donors (Lipinski definition) is 1. The fourth-order valence-corrected chi connectivity index (χ4v) is 6.38. The maximum Gasteiger partial charge on any atom is 0.230 e. The first kappa shape index (κ1) is 18.0. The molecule has 3 aliphatic rings. The largest absolute Gasteiger partial charge is 0.345 e. The highest BCUT2D eigenvalue weighted by molar-refractivity contribution is 7.91. The van der Waals surface area contributed by atoms with Crippen molar-refractivity contribution in [2.45, 2.75) is 32.1 Å². The summed E-state index contributed by atoms with van der Waals surface area (Å²) in [5.41, 5.74) is -0.218. The minimum atomic E-state index is -2.86. The van der Waals surface area contributed by atoms with Gasteiger partial charge < -0.3 is 10.2 Å². The van der Waals surface area contributed by atoms with Crippen LogP contribution >= 0.6 is 12.4 Å². The zero-order valence-corrected chi connectivity index (χ0v) is 14.8. The Morgan fingerprint density at radius 1 is 1.32 bits per heavy atom. The fourth-order valence-electron chi connectivity index (χ4n) is 4.53. The maximum atomic E-state index is 13.0. The average Bonchev–Trinajstić information content (AvgIpc) is 3.01. The van der Waals surface area contributed by atoms with Crippen LogP contribution in [0.1, 0.15) is 32.1 Å². The second-order valence-electron chi connectivity index (χ2n) is 7.18. The number of rotatable bonds is 3. The third-order valence-corrected chi connectivity index (χ3v) is 7.51. The molecule has 3 rings (SSSR count). The summed E-state index contributed by atoms with van der Waals surface area (Å²) >= 11 is 0. The summed E-state index contributed by atoms with van der Waals surface area (Å²) in [6, 6.07) is 0. The van der Waals surface area contributed by atoms with Gasteiger partial charge in [0.25, 0.3) is 0 Å². The van der Waals surface area contributed by atoms with Crippen molar-refractivity contribution in [3.63, 3.8) is 0 Å². The molecule has 5 nitrogen and oxygen atoms in total. The molecule has 1 amide bonds. The lowest BCUT2D eigenvalue weighted by Crippen LogP contribution is -2.49. The standard InChI is InChI=1S/C15H26N2O3S.ClH/c1-17(9-12-5-7-21(19,20)10-12)14(18)15-6-3-2-4-13(15)8-16-11-15;/h12-13,16H,2-11H2,1H3;1H/t12?,13-,15+;/m0./s1. The van der Waals surface area contributed by atoms with Gasteiger partial charge in [0, 0.05) is 20.1 Å². The van der Waals surface area contributed by atoms with E-state index in [2.05, 4.69) is 5.32 Å². The number of carbonyl (C=O) groups is 1. The number of halogens is 1. The average molecular weight is 351 g/mol. The van der Waals surface area contributed by atoms with Crippen molar-refractivity contribution in [3.8, 4) is 0 Å². The number of carbonyl (C=O) groups excluding carboxylic acids is 1. The van der Waals surface area contributed by atoms with Crippen LogP contribution in [-0.4, -0.2) is 57.4 Å². The number of nitrogens with zero attached hydrogens (tertiary/aromatic N) is 1. The second-order valence-corrected chi connectivity index (χ2v) is 9.41. The number of hydrogen-bond acceptors (Lipinski definition) is 4. The molecule has 0 aromatic heterocycles. The smallest absolute Gasteiger partial charge is 0.230 e. The first-order valence-electron chi connectivity index (χ1n) is 8.10. The number of sulfone groups is 1. The van der Waals surface area contributed by atoms with Gasteiger partial charge in [-0.1, -0.05) is 12.8 Å². The Morgan fingerprint density at radius 3 is 2.77 bits per heavy atom. The van der Waals surface area contributed by atoms with E-state index in [-0.39, 0.29) is 41.2 Å². The van der Waals surface area contributed by atoms with Crippen molar-refractivity contribution in [1.82, 2.24) is 10.2 Å². The number of amides is 1. The molecule has 22 heavy (non-hydrogen) atoms. The molecule has 128 valence electrons. The van der Waals surface area contributed by atoms with Crippen molar-refractivity contribution in [2.75, 3.05) is 38.2 Å². The van der Waals surface area contributed by atoms with E-state index in [4.69, 9.17) is 0 Å². The molecule has 1 unspecified atom stereocenters. The van der Waals surface area contributed by atoms with Gasteiger partial charge in [-0.2, -0.15) is 0 Å². The third kappa shape index (κ3) is 3.29. The molecule has 3 fully saturated rings. The third-order valence-electron chi connectivity index (χ3n) is 5.67. The van der Waals surface area contributed by atoms with Crippen molar-refractivity contribution in [2.24, 2.45) is 17.3 Å². The fraction of sp³-hybridized carbons (Fsp3) is 0.933. The monoisotopic (exact) mass is 350 g/mol. The lowest BCUT2D eigenvalue weighted by atomic mass is 9.67. The van der Waals surface area contributed by atoms with Crippen molar-refractivity contribution < 1.29 is 13.2 Å². The molecule has 2 saturated heterocycles. The zero-order chi connectivity index (χ0) is 15.1. The Kier molecular flexibility index (Phi) is 5.45. The molecular formula is C15H27ClN2O3S. The van der Waals surface area contributed by atoms with Gasteiger partial charge >= 0.3 is 0 Å². The van der Waals surface area contributed by atoms with Crippen LogP contribution in [0.15, 0.2) is 0 Å². The summed E-state index contributed by atoms with van der Waals surface area (Å²) in [5.74, 6) is 1.36. The molecule has 0 aromatic carbocycles.